The zero-order valence-corrected chi connectivity index (χ0v) is 11.8. The van der Waals surface area contributed by atoms with Gasteiger partial charge in [-0.2, -0.15) is 12.6 Å². The summed E-state index contributed by atoms with van der Waals surface area (Å²) in [5.41, 5.74) is 0. The highest BCUT2D eigenvalue weighted by molar-refractivity contribution is 7.80. The fraction of sp³-hybridized carbons (Fsp3) is 1.00. The van der Waals surface area contributed by atoms with Crippen molar-refractivity contribution in [2.75, 3.05) is 59.1 Å². The van der Waals surface area contributed by atoms with Crippen LogP contribution in [-0.4, -0.2) is 59.1 Å². The molecule has 0 atom stereocenters. The molecule has 0 bridgehead atoms. The molecule has 0 saturated carbocycles. The summed E-state index contributed by atoms with van der Waals surface area (Å²) >= 11 is 4.15. The van der Waals surface area contributed by atoms with Crippen molar-refractivity contribution in [1.29, 1.82) is 0 Å². The third kappa shape index (κ3) is 16.2. The predicted molar refractivity (Wildman–Crippen MR) is 72.0 cm³/mol. The van der Waals surface area contributed by atoms with Gasteiger partial charge < -0.3 is 18.9 Å². The Morgan fingerprint density at radius 3 is 1.71 bits per heavy atom. The quantitative estimate of drug-likeness (QED) is 0.384. The molecule has 0 spiro atoms. The van der Waals surface area contributed by atoms with E-state index in [2.05, 4.69) is 12.6 Å². The maximum Gasteiger partial charge on any atom is 0.0701 e. The Morgan fingerprint density at radius 1 is 0.647 bits per heavy atom. The topological polar surface area (TPSA) is 36.9 Å². The third-order valence-electron chi connectivity index (χ3n) is 2.12. The number of thiol groups is 1. The molecule has 0 radical (unpaired) electrons. The van der Waals surface area contributed by atoms with Gasteiger partial charge in [0.05, 0.1) is 39.6 Å². The van der Waals surface area contributed by atoms with Crippen LogP contribution in [-0.2, 0) is 18.9 Å². The minimum absolute atomic E-state index is 0.616. The van der Waals surface area contributed by atoms with E-state index in [1.54, 1.807) is 7.11 Å². The van der Waals surface area contributed by atoms with Gasteiger partial charge in [-0.15, -0.1) is 0 Å². The molecule has 0 aliphatic carbocycles. The van der Waals surface area contributed by atoms with Crippen LogP contribution >= 0.6 is 12.6 Å². The molecular weight excluding hydrogens is 240 g/mol. The largest absolute Gasteiger partial charge is 0.382 e. The summed E-state index contributed by atoms with van der Waals surface area (Å²) < 4.78 is 20.9. The van der Waals surface area contributed by atoms with Gasteiger partial charge in [-0.1, -0.05) is 6.42 Å². The molecular formula is C12H26O4S. The van der Waals surface area contributed by atoms with Gasteiger partial charge in [0.1, 0.15) is 0 Å². The maximum absolute atomic E-state index is 5.41. The molecule has 4 nitrogen and oxygen atoms in total. The normalized spacial score (nSPS) is 10.9. The van der Waals surface area contributed by atoms with Crippen LogP contribution in [0.5, 0.6) is 0 Å². The first-order valence-electron chi connectivity index (χ1n) is 6.25. The summed E-state index contributed by atoms with van der Waals surface area (Å²) in [6.45, 7) is 4.62. The standard InChI is InChI=1S/C12H26O4S/c1-13-6-7-15-10-11-16-9-8-14-5-3-2-4-12-17/h17H,2-12H2,1H3. The van der Waals surface area contributed by atoms with E-state index < -0.39 is 0 Å². The smallest absolute Gasteiger partial charge is 0.0701 e. The summed E-state index contributed by atoms with van der Waals surface area (Å²) in [4.78, 5) is 0. The van der Waals surface area contributed by atoms with E-state index in [1.807, 2.05) is 0 Å². The highest BCUT2D eigenvalue weighted by Crippen LogP contribution is 1.96. The first kappa shape index (κ1) is 17.2. The summed E-state index contributed by atoms with van der Waals surface area (Å²) in [5.74, 6) is 0.964. The summed E-state index contributed by atoms with van der Waals surface area (Å²) in [7, 11) is 1.66. The van der Waals surface area contributed by atoms with Gasteiger partial charge in [-0.05, 0) is 18.6 Å². The molecule has 17 heavy (non-hydrogen) atoms. The average Bonchev–Trinajstić information content (AvgIpc) is 2.35. The Balaban J connectivity index is 2.85. The number of hydrogen-bond donors (Lipinski definition) is 1. The SMILES string of the molecule is COCCOCCOCCOCCCCCS. The molecule has 0 unspecified atom stereocenters. The third-order valence-corrected chi connectivity index (χ3v) is 2.44. The van der Waals surface area contributed by atoms with E-state index in [0.717, 1.165) is 18.8 Å². The van der Waals surface area contributed by atoms with E-state index in [-0.39, 0.29) is 0 Å². The van der Waals surface area contributed by atoms with Crippen LogP contribution in [0, 0.1) is 0 Å². The van der Waals surface area contributed by atoms with Gasteiger partial charge in [-0.25, -0.2) is 0 Å². The van der Waals surface area contributed by atoms with Crippen molar-refractivity contribution < 1.29 is 18.9 Å². The lowest BCUT2D eigenvalue weighted by Crippen LogP contribution is -2.11. The van der Waals surface area contributed by atoms with Crippen molar-refractivity contribution in [2.45, 2.75) is 19.3 Å². The fourth-order valence-electron chi connectivity index (χ4n) is 1.18. The molecule has 0 aromatic rings. The van der Waals surface area contributed by atoms with Crippen LogP contribution in [0.25, 0.3) is 0 Å². The lowest BCUT2D eigenvalue weighted by atomic mass is 10.3. The molecule has 5 heteroatoms. The van der Waals surface area contributed by atoms with Gasteiger partial charge >= 0.3 is 0 Å². The zero-order valence-electron chi connectivity index (χ0n) is 10.9. The van der Waals surface area contributed by atoms with Crippen LogP contribution in [0.1, 0.15) is 19.3 Å². The molecule has 0 heterocycles. The van der Waals surface area contributed by atoms with E-state index in [4.69, 9.17) is 18.9 Å². The second-order valence-electron chi connectivity index (χ2n) is 3.61. The van der Waals surface area contributed by atoms with Crippen molar-refractivity contribution in [2.24, 2.45) is 0 Å². The lowest BCUT2D eigenvalue weighted by molar-refractivity contribution is 0.00327. The molecule has 0 rings (SSSR count). The Kier molecular flexibility index (Phi) is 16.4. The van der Waals surface area contributed by atoms with Crippen molar-refractivity contribution in [1.82, 2.24) is 0 Å². The van der Waals surface area contributed by atoms with Crippen LogP contribution in [0.2, 0.25) is 0 Å². The van der Waals surface area contributed by atoms with Crippen LogP contribution < -0.4 is 0 Å². The Hall–Kier alpha value is 0.190. The Bertz CT molecular complexity index is 122. The number of ether oxygens (including phenoxy) is 4. The Morgan fingerprint density at radius 2 is 1.18 bits per heavy atom. The Labute approximate surface area is 110 Å². The highest BCUT2D eigenvalue weighted by Gasteiger charge is 1.92. The van der Waals surface area contributed by atoms with Gasteiger partial charge in [0.2, 0.25) is 0 Å². The molecule has 0 aromatic heterocycles. The summed E-state index contributed by atoms with van der Waals surface area (Å²) in [6.07, 6.45) is 3.47. The molecule has 0 aromatic carbocycles. The van der Waals surface area contributed by atoms with Crippen molar-refractivity contribution in [3.05, 3.63) is 0 Å². The number of unbranched alkanes of at least 4 members (excludes halogenated alkanes) is 2. The predicted octanol–water partition coefficient (Wildman–Crippen LogP) is 1.78. The highest BCUT2D eigenvalue weighted by atomic mass is 32.1. The van der Waals surface area contributed by atoms with Crippen LogP contribution in [0.3, 0.4) is 0 Å². The van der Waals surface area contributed by atoms with E-state index in [1.165, 1.54) is 12.8 Å². The molecule has 0 amide bonds. The van der Waals surface area contributed by atoms with Gasteiger partial charge in [0.15, 0.2) is 0 Å². The maximum atomic E-state index is 5.41. The molecule has 0 saturated heterocycles. The van der Waals surface area contributed by atoms with Crippen LogP contribution in [0.4, 0.5) is 0 Å². The first-order chi connectivity index (χ1) is 8.41. The van der Waals surface area contributed by atoms with Crippen molar-refractivity contribution >= 4 is 12.6 Å². The summed E-state index contributed by atoms with van der Waals surface area (Å²) in [5, 5.41) is 0. The summed E-state index contributed by atoms with van der Waals surface area (Å²) in [6, 6.07) is 0. The second kappa shape index (κ2) is 16.2. The van der Waals surface area contributed by atoms with E-state index in [0.29, 0.717) is 39.6 Å². The van der Waals surface area contributed by atoms with Crippen LogP contribution in [0.15, 0.2) is 0 Å². The minimum Gasteiger partial charge on any atom is -0.382 e. The van der Waals surface area contributed by atoms with E-state index >= 15 is 0 Å². The molecule has 104 valence electrons. The lowest BCUT2D eigenvalue weighted by Gasteiger charge is -2.06. The number of methoxy groups -OCH3 is 1. The second-order valence-corrected chi connectivity index (χ2v) is 4.06. The van der Waals surface area contributed by atoms with E-state index in [9.17, 15) is 0 Å². The van der Waals surface area contributed by atoms with Gasteiger partial charge in [-0.3, -0.25) is 0 Å². The minimum atomic E-state index is 0.616. The fourth-order valence-corrected chi connectivity index (χ4v) is 1.40. The first-order valence-corrected chi connectivity index (χ1v) is 6.88. The number of rotatable bonds is 14. The molecule has 0 aliphatic heterocycles. The average molecular weight is 266 g/mol. The molecule has 0 N–H and O–H groups in total. The monoisotopic (exact) mass is 266 g/mol. The zero-order chi connectivity index (χ0) is 12.6. The molecule has 0 fully saturated rings. The van der Waals surface area contributed by atoms with Crippen molar-refractivity contribution in [3.8, 4) is 0 Å². The van der Waals surface area contributed by atoms with Gasteiger partial charge in [0.25, 0.3) is 0 Å². The molecule has 0 aliphatic rings. The van der Waals surface area contributed by atoms with Crippen molar-refractivity contribution in [3.63, 3.8) is 0 Å². The number of hydrogen-bond acceptors (Lipinski definition) is 5. The van der Waals surface area contributed by atoms with Gasteiger partial charge in [0, 0.05) is 13.7 Å².